The van der Waals surface area contributed by atoms with E-state index in [-0.39, 0.29) is 32.7 Å². The number of rotatable bonds is 4. The van der Waals surface area contributed by atoms with E-state index in [1.165, 1.54) is 30.3 Å². The molecule has 2 heterocycles. The third-order valence-electron chi connectivity index (χ3n) is 4.92. The van der Waals surface area contributed by atoms with Crippen LogP contribution in [-0.4, -0.2) is 28.0 Å². The maximum absolute atomic E-state index is 13.5. The van der Waals surface area contributed by atoms with Gasteiger partial charge in [-0.25, -0.2) is 9.18 Å². The molecule has 2 N–H and O–H groups in total. The quantitative estimate of drug-likeness (QED) is 0.319. The van der Waals surface area contributed by atoms with Crippen LogP contribution in [0.2, 0.25) is 5.02 Å². The van der Waals surface area contributed by atoms with Gasteiger partial charge in [0.2, 0.25) is 0 Å². The van der Waals surface area contributed by atoms with E-state index in [1.807, 2.05) is 0 Å². The summed E-state index contributed by atoms with van der Waals surface area (Å²) < 4.78 is 19.3. The molecule has 2 aromatic carbocycles. The number of aryl methyl sites for hydroxylation is 1. The number of carboxylic acids is 1. The van der Waals surface area contributed by atoms with Crippen LogP contribution in [0.1, 0.15) is 21.7 Å². The van der Waals surface area contributed by atoms with Crippen molar-refractivity contribution in [1.82, 2.24) is 5.32 Å². The lowest BCUT2D eigenvalue weighted by atomic mass is 10.0. The number of carbonyl (C=O) groups is 3. The highest BCUT2D eigenvalue weighted by molar-refractivity contribution is 7.80. The third-order valence-corrected chi connectivity index (χ3v) is 5.49. The van der Waals surface area contributed by atoms with Crippen LogP contribution in [-0.2, 0) is 9.59 Å². The molecule has 4 rings (SSSR count). The molecule has 0 atom stereocenters. The van der Waals surface area contributed by atoms with Crippen molar-refractivity contribution in [2.45, 2.75) is 6.92 Å². The number of benzene rings is 2. The fourth-order valence-corrected chi connectivity index (χ4v) is 3.76. The van der Waals surface area contributed by atoms with E-state index in [0.29, 0.717) is 16.9 Å². The van der Waals surface area contributed by atoms with E-state index in [0.717, 1.165) is 11.0 Å². The number of amides is 2. The summed E-state index contributed by atoms with van der Waals surface area (Å²) in [5.41, 5.74) is 1.43. The summed E-state index contributed by atoms with van der Waals surface area (Å²) in [6, 6.07) is 11.4. The number of thiocarbonyl (C=S) groups is 1. The molecule has 2 amide bonds. The van der Waals surface area contributed by atoms with Gasteiger partial charge in [0.1, 0.15) is 22.9 Å². The van der Waals surface area contributed by atoms with Crippen LogP contribution in [0.4, 0.5) is 10.1 Å². The molecule has 0 bridgehead atoms. The zero-order valence-electron chi connectivity index (χ0n) is 16.9. The molecule has 1 fully saturated rings. The second-order valence-electron chi connectivity index (χ2n) is 7.09. The monoisotopic (exact) mass is 484 g/mol. The number of nitrogens with zero attached hydrogens (tertiary/aromatic N) is 1. The number of carboxylic acid groups (broad SMARTS) is 1. The van der Waals surface area contributed by atoms with E-state index in [2.05, 4.69) is 5.32 Å². The Balaban J connectivity index is 1.67. The maximum atomic E-state index is 13.5. The van der Waals surface area contributed by atoms with Crippen LogP contribution in [0.25, 0.3) is 17.4 Å². The van der Waals surface area contributed by atoms with Crippen molar-refractivity contribution in [2.24, 2.45) is 0 Å². The lowest BCUT2D eigenvalue weighted by Crippen LogP contribution is -2.54. The Kier molecular flexibility index (Phi) is 5.84. The van der Waals surface area contributed by atoms with Crippen molar-refractivity contribution >= 4 is 58.5 Å². The van der Waals surface area contributed by atoms with E-state index in [9.17, 15) is 18.8 Å². The number of aromatic carboxylic acids is 1. The SMILES string of the molecule is Cc1cc(C(=O)O)ccc1-c1ccc(/C=C2\C(=O)NC(=S)N(c3ccc(F)c(Cl)c3)C2=O)o1. The van der Waals surface area contributed by atoms with Crippen molar-refractivity contribution in [2.75, 3.05) is 4.90 Å². The first kappa shape index (κ1) is 22.4. The summed E-state index contributed by atoms with van der Waals surface area (Å²) in [7, 11) is 0. The second-order valence-corrected chi connectivity index (χ2v) is 7.89. The molecule has 7 nitrogen and oxygen atoms in total. The molecule has 3 aromatic rings. The molecule has 33 heavy (non-hydrogen) atoms. The van der Waals surface area contributed by atoms with Crippen LogP contribution in [0.5, 0.6) is 0 Å². The summed E-state index contributed by atoms with van der Waals surface area (Å²) in [5.74, 6) is -2.50. The van der Waals surface area contributed by atoms with Crippen molar-refractivity contribution in [1.29, 1.82) is 0 Å². The number of carbonyl (C=O) groups excluding carboxylic acids is 2. The Labute approximate surface area is 197 Å². The van der Waals surface area contributed by atoms with E-state index >= 15 is 0 Å². The minimum absolute atomic E-state index is 0.145. The van der Waals surface area contributed by atoms with Gasteiger partial charge in [-0.2, -0.15) is 0 Å². The number of halogens is 2. The van der Waals surface area contributed by atoms with Crippen molar-refractivity contribution in [3.8, 4) is 11.3 Å². The number of furan rings is 1. The van der Waals surface area contributed by atoms with Gasteiger partial charge in [0.25, 0.3) is 11.8 Å². The van der Waals surface area contributed by atoms with Gasteiger partial charge in [0.05, 0.1) is 16.3 Å². The lowest BCUT2D eigenvalue weighted by Gasteiger charge is -2.28. The maximum Gasteiger partial charge on any atom is 0.335 e. The summed E-state index contributed by atoms with van der Waals surface area (Å²) in [6.07, 6.45) is 1.27. The number of anilines is 1. The molecule has 0 unspecified atom stereocenters. The Morgan fingerprint density at radius 1 is 1.18 bits per heavy atom. The first-order valence-electron chi connectivity index (χ1n) is 9.46. The van der Waals surface area contributed by atoms with Gasteiger partial charge in [0, 0.05) is 5.56 Å². The molecule has 1 aromatic heterocycles. The molecule has 0 spiro atoms. The third kappa shape index (κ3) is 4.28. The Morgan fingerprint density at radius 2 is 1.94 bits per heavy atom. The molecular formula is C23H14ClFN2O5S. The van der Waals surface area contributed by atoms with Gasteiger partial charge >= 0.3 is 5.97 Å². The van der Waals surface area contributed by atoms with Gasteiger partial charge < -0.3 is 9.52 Å². The largest absolute Gasteiger partial charge is 0.478 e. The highest BCUT2D eigenvalue weighted by Crippen LogP contribution is 2.29. The predicted molar refractivity (Wildman–Crippen MR) is 123 cm³/mol. The zero-order valence-corrected chi connectivity index (χ0v) is 18.5. The highest BCUT2D eigenvalue weighted by Gasteiger charge is 2.35. The second kappa shape index (κ2) is 8.61. The topological polar surface area (TPSA) is 99.8 Å². The van der Waals surface area contributed by atoms with Crippen molar-refractivity contribution in [3.05, 3.63) is 81.8 Å². The summed E-state index contributed by atoms with van der Waals surface area (Å²) in [4.78, 5) is 37.7. The molecule has 166 valence electrons. The number of hydrogen-bond acceptors (Lipinski definition) is 5. The summed E-state index contributed by atoms with van der Waals surface area (Å²) >= 11 is 10.9. The minimum Gasteiger partial charge on any atom is -0.478 e. The van der Waals surface area contributed by atoms with Crippen LogP contribution < -0.4 is 10.2 Å². The summed E-state index contributed by atoms with van der Waals surface area (Å²) in [5, 5.41) is 11.2. The van der Waals surface area contributed by atoms with Crippen LogP contribution in [0, 0.1) is 12.7 Å². The molecular weight excluding hydrogens is 471 g/mol. The Hall–Kier alpha value is -3.82. The normalized spacial score (nSPS) is 15.2. The molecule has 10 heteroatoms. The number of nitrogens with one attached hydrogen (secondary N) is 1. The first-order valence-corrected chi connectivity index (χ1v) is 10.2. The van der Waals surface area contributed by atoms with E-state index in [4.69, 9.17) is 33.3 Å². The lowest BCUT2D eigenvalue weighted by molar-refractivity contribution is -0.122. The fraction of sp³-hybridized carbons (Fsp3) is 0.0435. The van der Waals surface area contributed by atoms with Gasteiger partial charge in [-0.15, -0.1) is 0 Å². The Morgan fingerprint density at radius 3 is 2.61 bits per heavy atom. The highest BCUT2D eigenvalue weighted by atomic mass is 35.5. The average Bonchev–Trinajstić information content (AvgIpc) is 3.21. The van der Waals surface area contributed by atoms with Crippen molar-refractivity contribution < 1.29 is 28.3 Å². The molecule has 0 aliphatic carbocycles. The standard InChI is InChI=1S/C23H14ClFN2O5S/c1-11-8-12(22(30)31)2-5-15(11)19-7-4-14(32-19)10-16-20(28)26-23(33)27(21(16)29)13-3-6-18(25)17(24)9-13/h2-10H,1H3,(H,30,31)(H,26,28,33)/b16-10+. The van der Waals surface area contributed by atoms with Crippen molar-refractivity contribution in [3.63, 3.8) is 0 Å². The van der Waals surface area contributed by atoms with E-state index < -0.39 is 23.6 Å². The molecule has 1 saturated heterocycles. The smallest absolute Gasteiger partial charge is 0.335 e. The van der Waals surface area contributed by atoms with Gasteiger partial charge in [-0.3, -0.25) is 19.8 Å². The van der Waals surface area contributed by atoms with Gasteiger partial charge in [-0.05, 0) is 73.2 Å². The predicted octanol–water partition coefficient (Wildman–Crippen LogP) is 4.58. The van der Waals surface area contributed by atoms with Crippen LogP contribution in [0.3, 0.4) is 0 Å². The fourth-order valence-electron chi connectivity index (χ4n) is 3.31. The van der Waals surface area contributed by atoms with E-state index in [1.54, 1.807) is 25.1 Å². The minimum atomic E-state index is -1.04. The average molecular weight is 485 g/mol. The molecule has 1 aliphatic heterocycles. The van der Waals surface area contributed by atoms with Crippen LogP contribution >= 0.6 is 23.8 Å². The number of hydrogen-bond donors (Lipinski definition) is 2. The van der Waals surface area contributed by atoms with Gasteiger partial charge in [0.15, 0.2) is 5.11 Å². The zero-order chi connectivity index (χ0) is 23.9. The molecule has 1 aliphatic rings. The van der Waals surface area contributed by atoms with Gasteiger partial charge in [-0.1, -0.05) is 17.7 Å². The summed E-state index contributed by atoms with van der Waals surface area (Å²) in [6.45, 7) is 1.74. The molecule has 0 radical (unpaired) electrons. The van der Waals surface area contributed by atoms with Crippen LogP contribution in [0.15, 0.2) is 58.5 Å². The first-order chi connectivity index (χ1) is 15.7. The molecule has 0 saturated carbocycles. The Bertz CT molecular complexity index is 1380.